The number of carbonyl (C=O) groups excluding carboxylic acids is 1. The molecule has 116 valence electrons. The van der Waals surface area contributed by atoms with E-state index in [2.05, 4.69) is 11.9 Å². The van der Waals surface area contributed by atoms with E-state index < -0.39 is 0 Å². The zero-order valence-electron chi connectivity index (χ0n) is 13.1. The van der Waals surface area contributed by atoms with Crippen LogP contribution in [0.1, 0.15) is 12.0 Å². The summed E-state index contributed by atoms with van der Waals surface area (Å²) in [6.45, 7) is 3.59. The molecule has 0 N–H and O–H groups in total. The maximum atomic E-state index is 12.2. The first-order valence-corrected chi connectivity index (χ1v) is 7.31. The fourth-order valence-electron chi connectivity index (χ4n) is 2.50. The third kappa shape index (κ3) is 4.11. The van der Waals surface area contributed by atoms with Crippen molar-refractivity contribution in [3.63, 3.8) is 0 Å². The molecule has 1 fully saturated rings. The Hall–Kier alpha value is -1.75. The van der Waals surface area contributed by atoms with Crippen LogP contribution in [0.5, 0.6) is 11.5 Å². The predicted octanol–water partition coefficient (Wildman–Crippen LogP) is 1.41. The van der Waals surface area contributed by atoms with Gasteiger partial charge in [0.15, 0.2) is 11.5 Å². The largest absolute Gasteiger partial charge is 0.493 e. The van der Waals surface area contributed by atoms with Gasteiger partial charge in [-0.05, 0) is 31.2 Å². The summed E-state index contributed by atoms with van der Waals surface area (Å²) in [7, 11) is 5.33. The van der Waals surface area contributed by atoms with E-state index in [9.17, 15) is 4.79 Å². The van der Waals surface area contributed by atoms with Crippen molar-refractivity contribution in [1.82, 2.24) is 9.80 Å². The first kappa shape index (κ1) is 15.6. The van der Waals surface area contributed by atoms with Gasteiger partial charge in [0, 0.05) is 32.6 Å². The lowest BCUT2D eigenvalue weighted by Gasteiger charge is -2.32. The van der Waals surface area contributed by atoms with Gasteiger partial charge in [-0.15, -0.1) is 0 Å². The number of carbonyl (C=O) groups is 1. The van der Waals surface area contributed by atoms with Crippen LogP contribution in [0.3, 0.4) is 0 Å². The molecule has 1 amide bonds. The highest BCUT2D eigenvalue weighted by atomic mass is 16.5. The van der Waals surface area contributed by atoms with Crippen molar-refractivity contribution in [2.45, 2.75) is 12.8 Å². The minimum absolute atomic E-state index is 0.234. The standard InChI is InChI=1S/C16H24N2O3/c1-17-8-10-18(11-9-17)16(19)7-5-13-4-6-14(20-2)15(12-13)21-3/h4,6,12H,5,7-11H2,1-3H3. The SMILES string of the molecule is COc1ccc(CCC(=O)N2CCN(C)CC2)cc1OC. The van der Waals surface area contributed by atoms with E-state index in [4.69, 9.17) is 9.47 Å². The maximum Gasteiger partial charge on any atom is 0.222 e. The zero-order chi connectivity index (χ0) is 15.2. The quantitative estimate of drug-likeness (QED) is 0.823. The third-order valence-electron chi connectivity index (χ3n) is 3.93. The van der Waals surface area contributed by atoms with Crippen molar-refractivity contribution >= 4 is 5.91 Å². The Bertz CT molecular complexity index is 482. The Balaban J connectivity index is 1.89. The topological polar surface area (TPSA) is 42.0 Å². The number of piperazine rings is 1. The maximum absolute atomic E-state index is 12.2. The lowest BCUT2D eigenvalue weighted by atomic mass is 10.1. The summed E-state index contributed by atoms with van der Waals surface area (Å²) >= 11 is 0. The smallest absolute Gasteiger partial charge is 0.222 e. The molecule has 0 aliphatic carbocycles. The Morgan fingerprint density at radius 1 is 1.10 bits per heavy atom. The Morgan fingerprint density at radius 3 is 2.38 bits per heavy atom. The number of aryl methyl sites for hydroxylation is 1. The number of rotatable bonds is 5. The summed E-state index contributed by atoms with van der Waals surface area (Å²) in [5, 5.41) is 0. The molecule has 21 heavy (non-hydrogen) atoms. The van der Waals surface area contributed by atoms with Crippen molar-refractivity contribution < 1.29 is 14.3 Å². The van der Waals surface area contributed by atoms with Gasteiger partial charge in [-0.1, -0.05) is 6.07 Å². The Labute approximate surface area is 126 Å². The summed E-state index contributed by atoms with van der Waals surface area (Å²) in [4.78, 5) is 16.4. The van der Waals surface area contributed by atoms with Crippen LogP contribution in [0, 0.1) is 0 Å². The van der Waals surface area contributed by atoms with Crippen LogP contribution in [-0.2, 0) is 11.2 Å². The number of amides is 1. The van der Waals surface area contributed by atoms with Crippen LogP contribution in [0.25, 0.3) is 0 Å². The van der Waals surface area contributed by atoms with Crippen molar-refractivity contribution in [3.8, 4) is 11.5 Å². The molecule has 5 nitrogen and oxygen atoms in total. The number of hydrogen-bond donors (Lipinski definition) is 0. The lowest BCUT2D eigenvalue weighted by molar-refractivity contribution is -0.132. The number of methoxy groups -OCH3 is 2. The molecule has 0 spiro atoms. The summed E-state index contributed by atoms with van der Waals surface area (Å²) in [5.41, 5.74) is 1.09. The normalized spacial score (nSPS) is 15.9. The van der Waals surface area contributed by atoms with Gasteiger partial charge in [-0.2, -0.15) is 0 Å². The van der Waals surface area contributed by atoms with Gasteiger partial charge in [-0.25, -0.2) is 0 Å². The highest BCUT2D eigenvalue weighted by Gasteiger charge is 2.18. The molecule has 1 aliphatic rings. The van der Waals surface area contributed by atoms with Crippen LogP contribution >= 0.6 is 0 Å². The summed E-state index contributed by atoms with van der Waals surface area (Å²) in [6, 6.07) is 5.81. The second-order valence-electron chi connectivity index (χ2n) is 5.37. The number of likely N-dealkylation sites (N-methyl/N-ethyl adjacent to an activating group) is 1. The Morgan fingerprint density at radius 2 is 1.76 bits per heavy atom. The van der Waals surface area contributed by atoms with Gasteiger partial charge in [0.05, 0.1) is 14.2 Å². The first-order valence-electron chi connectivity index (χ1n) is 7.31. The monoisotopic (exact) mass is 292 g/mol. The average molecular weight is 292 g/mol. The zero-order valence-corrected chi connectivity index (χ0v) is 13.1. The van der Waals surface area contributed by atoms with Crippen molar-refractivity contribution in [1.29, 1.82) is 0 Å². The second-order valence-corrected chi connectivity index (χ2v) is 5.37. The summed E-state index contributed by atoms with van der Waals surface area (Å²) < 4.78 is 10.5. The van der Waals surface area contributed by atoms with Gasteiger partial charge in [0.1, 0.15) is 0 Å². The molecule has 0 unspecified atom stereocenters. The Kier molecular flexibility index (Phi) is 5.44. The molecule has 0 atom stereocenters. The molecule has 1 heterocycles. The molecule has 0 bridgehead atoms. The molecule has 1 aromatic carbocycles. The highest BCUT2D eigenvalue weighted by molar-refractivity contribution is 5.76. The molecule has 0 radical (unpaired) electrons. The van der Waals surface area contributed by atoms with Crippen LogP contribution in [0.2, 0.25) is 0 Å². The van der Waals surface area contributed by atoms with Gasteiger partial charge in [-0.3, -0.25) is 4.79 Å². The average Bonchev–Trinajstić information content (AvgIpc) is 2.52. The van der Waals surface area contributed by atoms with E-state index >= 15 is 0 Å². The van der Waals surface area contributed by atoms with E-state index in [1.54, 1.807) is 14.2 Å². The molecule has 0 saturated carbocycles. The van der Waals surface area contributed by atoms with E-state index in [-0.39, 0.29) is 5.91 Å². The number of nitrogens with zero attached hydrogens (tertiary/aromatic N) is 2. The molecule has 1 saturated heterocycles. The molecule has 2 rings (SSSR count). The van der Waals surface area contributed by atoms with Crippen molar-refractivity contribution in [2.75, 3.05) is 47.4 Å². The highest BCUT2D eigenvalue weighted by Crippen LogP contribution is 2.28. The van der Waals surface area contributed by atoms with Gasteiger partial charge in [0.2, 0.25) is 5.91 Å². The van der Waals surface area contributed by atoms with Crippen LogP contribution in [0.15, 0.2) is 18.2 Å². The fourth-order valence-corrected chi connectivity index (χ4v) is 2.50. The van der Waals surface area contributed by atoms with E-state index in [0.29, 0.717) is 17.9 Å². The second kappa shape index (κ2) is 7.31. The predicted molar refractivity (Wildman–Crippen MR) is 81.9 cm³/mol. The fraction of sp³-hybridized carbons (Fsp3) is 0.562. The summed E-state index contributed by atoms with van der Waals surface area (Å²) in [6.07, 6.45) is 1.27. The van der Waals surface area contributed by atoms with Gasteiger partial charge >= 0.3 is 0 Å². The van der Waals surface area contributed by atoms with Crippen molar-refractivity contribution in [3.05, 3.63) is 23.8 Å². The minimum atomic E-state index is 0.234. The molecule has 5 heteroatoms. The summed E-state index contributed by atoms with van der Waals surface area (Å²) in [5.74, 6) is 1.66. The van der Waals surface area contributed by atoms with Crippen LogP contribution in [-0.4, -0.2) is 63.2 Å². The van der Waals surface area contributed by atoms with Crippen LogP contribution in [0.4, 0.5) is 0 Å². The van der Waals surface area contributed by atoms with E-state index in [1.807, 2.05) is 23.1 Å². The molecular weight excluding hydrogens is 268 g/mol. The molecule has 0 aromatic heterocycles. The number of benzene rings is 1. The molecular formula is C16H24N2O3. The van der Waals surface area contributed by atoms with Gasteiger partial charge in [0.25, 0.3) is 0 Å². The first-order chi connectivity index (χ1) is 10.1. The van der Waals surface area contributed by atoms with Crippen molar-refractivity contribution in [2.24, 2.45) is 0 Å². The molecule has 1 aliphatic heterocycles. The molecule has 1 aromatic rings. The third-order valence-corrected chi connectivity index (χ3v) is 3.93. The number of hydrogen-bond acceptors (Lipinski definition) is 4. The minimum Gasteiger partial charge on any atom is -0.493 e. The van der Waals surface area contributed by atoms with E-state index in [0.717, 1.165) is 38.2 Å². The van der Waals surface area contributed by atoms with Crippen LogP contribution < -0.4 is 9.47 Å². The van der Waals surface area contributed by atoms with Gasteiger partial charge < -0.3 is 19.3 Å². The number of ether oxygens (including phenoxy) is 2. The lowest BCUT2D eigenvalue weighted by Crippen LogP contribution is -2.47. The van der Waals surface area contributed by atoms with E-state index in [1.165, 1.54) is 0 Å².